The van der Waals surface area contributed by atoms with E-state index in [-0.39, 0.29) is 23.8 Å². The highest BCUT2D eigenvalue weighted by Gasteiger charge is 2.22. The minimum atomic E-state index is -0.393. The number of nitrogens with zero attached hydrogens (tertiary/aromatic N) is 3. The summed E-state index contributed by atoms with van der Waals surface area (Å²) in [6.07, 6.45) is 3.63. The van der Waals surface area contributed by atoms with Crippen molar-refractivity contribution in [2.24, 2.45) is 5.92 Å². The molecule has 8 nitrogen and oxygen atoms in total. The summed E-state index contributed by atoms with van der Waals surface area (Å²) in [5.74, 6) is 0.645. The Balaban J connectivity index is 1.59. The van der Waals surface area contributed by atoms with Crippen LogP contribution in [0.25, 0.3) is 16.9 Å². The maximum absolute atomic E-state index is 12.8. The van der Waals surface area contributed by atoms with Gasteiger partial charge in [0.05, 0.1) is 31.0 Å². The molecule has 0 bridgehead atoms. The quantitative estimate of drug-likeness (QED) is 0.468. The number of carbonyl (C=O) groups excluding carboxylic acids is 1. The van der Waals surface area contributed by atoms with E-state index in [9.17, 15) is 9.59 Å². The van der Waals surface area contributed by atoms with E-state index in [1.807, 2.05) is 50.2 Å². The molecule has 0 aliphatic carbocycles. The zero-order chi connectivity index (χ0) is 22.7. The number of hydrogen-bond acceptors (Lipinski definition) is 5. The Morgan fingerprint density at radius 1 is 1.19 bits per heavy atom. The molecule has 4 aromatic rings. The number of rotatable bonds is 7. The molecule has 0 saturated carbocycles. The highest BCUT2D eigenvalue weighted by Crippen LogP contribution is 2.22. The summed E-state index contributed by atoms with van der Waals surface area (Å²) in [6.45, 7) is 3.97. The number of benzene rings is 1. The number of aromatic amines is 1. The third kappa shape index (κ3) is 4.54. The number of hydrogen-bond donors (Lipinski definition) is 2. The predicted octanol–water partition coefficient (Wildman–Crippen LogP) is 3.15. The highest BCUT2D eigenvalue weighted by molar-refractivity contribution is 5.79. The topological polar surface area (TPSA) is 101 Å². The molecular formula is C24H25N5O3. The minimum absolute atomic E-state index is 0.0425. The van der Waals surface area contributed by atoms with E-state index in [0.717, 1.165) is 22.6 Å². The van der Waals surface area contributed by atoms with E-state index >= 15 is 0 Å². The summed E-state index contributed by atoms with van der Waals surface area (Å²) in [6, 6.07) is 14.0. The van der Waals surface area contributed by atoms with Crippen LogP contribution in [0.2, 0.25) is 0 Å². The van der Waals surface area contributed by atoms with Crippen molar-refractivity contribution in [3.05, 3.63) is 82.5 Å². The van der Waals surface area contributed by atoms with Crippen molar-refractivity contribution in [2.45, 2.75) is 26.3 Å². The number of fused-ring (bicyclic) bond motifs is 1. The van der Waals surface area contributed by atoms with Crippen LogP contribution in [0, 0.1) is 5.92 Å². The van der Waals surface area contributed by atoms with Crippen LogP contribution in [0.15, 0.2) is 65.7 Å². The molecule has 0 aliphatic rings. The normalized spacial score (nSPS) is 12.1. The number of carbonyl (C=O) groups is 1. The lowest BCUT2D eigenvalue weighted by atomic mass is 10.00. The van der Waals surface area contributed by atoms with Crippen LogP contribution in [0.5, 0.6) is 5.75 Å². The van der Waals surface area contributed by atoms with Crippen molar-refractivity contribution < 1.29 is 9.53 Å². The van der Waals surface area contributed by atoms with E-state index in [4.69, 9.17) is 4.74 Å². The van der Waals surface area contributed by atoms with Gasteiger partial charge in [0.1, 0.15) is 5.75 Å². The summed E-state index contributed by atoms with van der Waals surface area (Å²) < 4.78 is 6.55. The van der Waals surface area contributed by atoms with E-state index < -0.39 is 6.04 Å². The zero-order valence-electron chi connectivity index (χ0n) is 18.2. The summed E-state index contributed by atoms with van der Waals surface area (Å²) in [5, 5.41) is 6.10. The van der Waals surface area contributed by atoms with Gasteiger partial charge in [0.25, 0.3) is 5.56 Å². The molecule has 4 rings (SSSR count). The van der Waals surface area contributed by atoms with Crippen LogP contribution in [-0.4, -0.2) is 32.6 Å². The van der Waals surface area contributed by atoms with E-state index in [0.29, 0.717) is 11.3 Å². The highest BCUT2D eigenvalue weighted by atomic mass is 16.5. The van der Waals surface area contributed by atoms with Gasteiger partial charge in [-0.1, -0.05) is 26.0 Å². The van der Waals surface area contributed by atoms with Crippen LogP contribution < -0.4 is 15.6 Å². The lowest BCUT2D eigenvalue weighted by Crippen LogP contribution is -2.34. The molecule has 0 saturated heterocycles. The molecule has 0 unspecified atom stereocenters. The first-order valence-corrected chi connectivity index (χ1v) is 10.4. The largest absolute Gasteiger partial charge is 0.497 e. The van der Waals surface area contributed by atoms with Gasteiger partial charge < -0.3 is 10.1 Å². The van der Waals surface area contributed by atoms with E-state index in [1.165, 1.54) is 10.6 Å². The molecule has 0 aliphatic heterocycles. The number of methoxy groups -OCH3 is 1. The summed E-state index contributed by atoms with van der Waals surface area (Å²) in [7, 11) is 1.60. The van der Waals surface area contributed by atoms with Crippen molar-refractivity contribution in [1.82, 2.24) is 24.9 Å². The smallest absolute Gasteiger partial charge is 0.272 e. The Labute approximate surface area is 185 Å². The van der Waals surface area contributed by atoms with Gasteiger partial charge in [0.15, 0.2) is 5.65 Å². The molecular weight excluding hydrogens is 406 g/mol. The number of nitrogens with one attached hydrogen (secondary N) is 2. The first-order chi connectivity index (χ1) is 15.4. The Bertz CT molecular complexity index is 1280. The van der Waals surface area contributed by atoms with E-state index in [2.05, 4.69) is 20.4 Å². The molecule has 2 N–H and O–H groups in total. The van der Waals surface area contributed by atoms with Gasteiger partial charge in [-0.3, -0.25) is 19.7 Å². The van der Waals surface area contributed by atoms with Gasteiger partial charge in [0.2, 0.25) is 5.91 Å². The van der Waals surface area contributed by atoms with Crippen molar-refractivity contribution in [1.29, 1.82) is 0 Å². The summed E-state index contributed by atoms with van der Waals surface area (Å²) in [5.41, 5.74) is 3.25. The monoisotopic (exact) mass is 431 g/mol. The van der Waals surface area contributed by atoms with Gasteiger partial charge in [-0.2, -0.15) is 0 Å². The molecule has 0 fully saturated rings. The lowest BCUT2D eigenvalue weighted by molar-refractivity contribution is -0.121. The number of aromatic nitrogens is 4. The van der Waals surface area contributed by atoms with Crippen LogP contribution in [0.1, 0.15) is 31.1 Å². The fourth-order valence-electron chi connectivity index (χ4n) is 3.57. The molecule has 164 valence electrons. The van der Waals surface area contributed by atoms with Crippen molar-refractivity contribution in [2.75, 3.05) is 7.11 Å². The molecule has 1 atom stereocenters. The minimum Gasteiger partial charge on any atom is -0.497 e. The molecule has 0 radical (unpaired) electrons. The number of ether oxygens (including phenoxy) is 1. The third-order valence-electron chi connectivity index (χ3n) is 5.27. The van der Waals surface area contributed by atoms with E-state index in [1.54, 1.807) is 25.6 Å². The molecule has 3 heterocycles. The van der Waals surface area contributed by atoms with Crippen LogP contribution >= 0.6 is 0 Å². The van der Waals surface area contributed by atoms with Crippen molar-refractivity contribution in [3.8, 4) is 17.0 Å². The Kier molecular flexibility index (Phi) is 6.02. The standard InChI is InChI=1S/C24H25N5O3/c1-15(2)24(27-22(30)11-16-6-8-18(32-3)9-7-16)20-13-23(31)29-21(26-20)12-19(28-29)17-5-4-10-25-14-17/h4-10,12-15,24,28H,11H2,1-3H3,(H,27,30)/t24-/m1/s1. The summed E-state index contributed by atoms with van der Waals surface area (Å²) >= 11 is 0. The molecule has 3 aromatic heterocycles. The second-order valence-electron chi connectivity index (χ2n) is 7.94. The fraction of sp³-hybridized carbons (Fsp3) is 0.250. The maximum Gasteiger partial charge on any atom is 0.272 e. The van der Waals surface area contributed by atoms with Gasteiger partial charge in [0, 0.05) is 30.1 Å². The maximum atomic E-state index is 12.8. The van der Waals surface area contributed by atoms with Gasteiger partial charge in [-0.25, -0.2) is 9.50 Å². The SMILES string of the molecule is COc1ccc(CC(=O)N[C@@H](c2cc(=O)n3[nH]c(-c4cccnc4)cc3n2)C(C)C)cc1. The fourth-order valence-corrected chi connectivity index (χ4v) is 3.57. The first-order valence-electron chi connectivity index (χ1n) is 10.4. The lowest BCUT2D eigenvalue weighted by Gasteiger charge is -2.22. The van der Waals surface area contributed by atoms with Crippen LogP contribution in [0.3, 0.4) is 0 Å². The molecule has 8 heteroatoms. The number of H-pyrrole nitrogens is 1. The Morgan fingerprint density at radius 3 is 2.62 bits per heavy atom. The second-order valence-corrected chi connectivity index (χ2v) is 7.94. The van der Waals surface area contributed by atoms with Gasteiger partial charge in [-0.15, -0.1) is 0 Å². The van der Waals surface area contributed by atoms with Crippen LogP contribution in [-0.2, 0) is 11.2 Å². The predicted molar refractivity (Wildman–Crippen MR) is 121 cm³/mol. The number of amides is 1. The average Bonchev–Trinajstić information content (AvgIpc) is 3.23. The van der Waals surface area contributed by atoms with Crippen LogP contribution in [0.4, 0.5) is 0 Å². The summed E-state index contributed by atoms with van der Waals surface area (Å²) in [4.78, 5) is 34.3. The first kappa shape index (κ1) is 21.3. The Hall–Kier alpha value is -3.94. The van der Waals surface area contributed by atoms with Gasteiger partial charge in [-0.05, 0) is 35.7 Å². The number of pyridine rings is 1. The second kappa shape index (κ2) is 9.05. The van der Waals surface area contributed by atoms with Gasteiger partial charge >= 0.3 is 0 Å². The van der Waals surface area contributed by atoms with Crippen molar-refractivity contribution >= 4 is 11.6 Å². The third-order valence-corrected chi connectivity index (χ3v) is 5.27. The van der Waals surface area contributed by atoms with Crippen molar-refractivity contribution in [3.63, 3.8) is 0 Å². The molecule has 1 amide bonds. The molecule has 0 spiro atoms. The average molecular weight is 431 g/mol. The zero-order valence-corrected chi connectivity index (χ0v) is 18.2. The molecule has 1 aromatic carbocycles. The molecule has 32 heavy (non-hydrogen) atoms. The Morgan fingerprint density at radius 2 is 1.97 bits per heavy atom.